The lowest BCUT2D eigenvalue weighted by molar-refractivity contribution is -0.137. The van der Waals surface area contributed by atoms with Gasteiger partial charge >= 0.3 is 18.1 Å². The van der Waals surface area contributed by atoms with Crippen LogP contribution >= 0.6 is 0 Å². The molecule has 0 aliphatic heterocycles. The molecule has 3 rings (SSSR count). The molecule has 188 valence electrons. The number of alkyl carbamates (subject to hydrolysis) is 1. The minimum Gasteiger partial charge on any atom is -0.445 e. The molecule has 2 unspecified atom stereocenters. The molecule has 0 aromatic heterocycles. The molecule has 2 amide bonds. The number of benzene rings is 3. The van der Waals surface area contributed by atoms with Crippen LogP contribution in [0.4, 0.5) is 4.79 Å². The van der Waals surface area contributed by atoms with E-state index in [9.17, 15) is 19.2 Å². The predicted octanol–water partition coefficient (Wildman–Crippen LogP) is 2.69. The Kier molecular flexibility index (Phi) is 10.0. The highest BCUT2D eigenvalue weighted by Gasteiger charge is 2.31. The van der Waals surface area contributed by atoms with Crippen molar-refractivity contribution in [3.05, 3.63) is 113 Å². The van der Waals surface area contributed by atoms with Crippen molar-refractivity contribution in [2.75, 3.05) is 0 Å². The van der Waals surface area contributed by atoms with Crippen LogP contribution in [0.15, 0.2) is 91.0 Å². The number of ketones is 2. The third-order valence-corrected chi connectivity index (χ3v) is 5.44. The summed E-state index contributed by atoms with van der Waals surface area (Å²) in [5, 5.41) is 5.14. The number of nitrogens with one attached hydrogen (secondary N) is 2. The van der Waals surface area contributed by atoms with Crippen molar-refractivity contribution in [2.45, 2.75) is 31.5 Å². The maximum atomic E-state index is 13.3. The molecule has 9 nitrogen and oxygen atoms in total. The number of ether oxygens (including phenoxy) is 1. The molecule has 0 fully saturated rings. The van der Waals surface area contributed by atoms with E-state index in [1.54, 1.807) is 66.7 Å². The van der Waals surface area contributed by atoms with Gasteiger partial charge in [-0.05, 0) is 16.7 Å². The zero-order valence-electron chi connectivity index (χ0n) is 19.9. The summed E-state index contributed by atoms with van der Waals surface area (Å²) in [6, 6.07) is 24.5. The molecule has 0 aliphatic rings. The van der Waals surface area contributed by atoms with Gasteiger partial charge in [0.25, 0.3) is 0 Å². The SMILES string of the molecule is [N-]=[N+]=CC(=O)C(=O)C(Cc1ccccc1)NC(=O)C(Cc1ccccc1)NC(=O)OCc1ccccc1. The van der Waals surface area contributed by atoms with Crippen molar-refractivity contribution in [1.29, 1.82) is 0 Å². The Morgan fingerprint density at radius 1 is 0.730 bits per heavy atom. The molecule has 0 aliphatic carbocycles. The van der Waals surface area contributed by atoms with Gasteiger partial charge in [0.05, 0.1) is 0 Å². The van der Waals surface area contributed by atoms with Gasteiger partial charge in [0.15, 0.2) is 0 Å². The molecular weight excluding hydrogens is 472 g/mol. The van der Waals surface area contributed by atoms with E-state index in [0.29, 0.717) is 11.8 Å². The Bertz CT molecular complexity index is 1260. The summed E-state index contributed by atoms with van der Waals surface area (Å²) in [4.78, 5) is 53.4. The van der Waals surface area contributed by atoms with Gasteiger partial charge in [0.2, 0.25) is 11.7 Å². The summed E-state index contributed by atoms with van der Waals surface area (Å²) in [6.45, 7) is 0.0104. The first-order chi connectivity index (χ1) is 18.0. The minimum atomic E-state index is -1.25. The van der Waals surface area contributed by atoms with Crippen LogP contribution in [0.25, 0.3) is 5.53 Å². The second-order valence-electron chi connectivity index (χ2n) is 8.17. The molecule has 0 radical (unpaired) electrons. The lowest BCUT2D eigenvalue weighted by atomic mass is 9.99. The highest BCUT2D eigenvalue weighted by atomic mass is 16.5. The summed E-state index contributed by atoms with van der Waals surface area (Å²) in [5.74, 6) is -2.71. The second-order valence-corrected chi connectivity index (χ2v) is 8.17. The molecule has 3 aromatic carbocycles. The van der Waals surface area contributed by atoms with Gasteiger partial charge in [-0.3, -0.25) is 14.4 Å². The van der Waals surface area contributed by atoms with Crippen LogP contribution in [-0.4, -0.2) is 46.7 Å². The third kappa shape index (κ3) is 8.69. The van der Waals surface area contributed by atoms with Crippen LogP contribution in [0.5, 0.6) is 0 Å². The summed E-state index contributed by atoms with van der Waals surface area (Å²) in [5.41, 5.74) is 10.9. The summed E-state index contributed by atoms with van der Waals surface area (Å²) in [6.07, 6.45) is -0.194. The number of Topliss-reactive ketones (excluding diaryl/α,β-unsaturated/α-hetero) is 2. The first-order valence-electron chi connectivity index (χ1n) is 11.6. The zero-order chi connectivity index (χ0) is 26.5. The Morgan fingerprint density at radius 3 is 1.73 bits per heavy atom. The van der Waals surface area contributed by atoms with Crippen LogP contribution in [-0.2, 0) is 38.6 Å². The molecule has 37 heavy (non-hydrogen) atoms. The van der Waals surface area contributed by atoms with Crippen molar-refractivity contribution in [3.63, 3.8) is 0 Å². The van der Waals surface area contributed by atoms with Crippen molar-refractivity contribution in [1.82, 2.24) is 10.6 Å². The summed E-state index contributed by atoms with van der Waals surface area (Å²) >= 11 is 0. The van der Waals surface area contributed by atoms with Crippen LogP contribution in [0.3, 0.4) is 0 Å². The van der Waals surface area contributed by atoms with Gasteiger partial charge in [-0.1, -0.05) is 91.0 Å². The van der Waals surface area contributed by atoms with Gasteiger partial charge in [0, 0.05) is 12.8 Å². The van der Waals surface area contributed by atoms with Crippen LogP contribution in [0, 0.1) is 0 Å². The molecule has 0 saturated carbocycles. The first-order valence-corrected chi connectivity index (χ1v) is 11.6. The van der Waals surface area contributed by atoms with Crippen molar-refractivity contribution >= 4 is 29.8 Å². The first kappa shape index (κ1) is 26.7. The second kappa shape index (κ2) is 13.9. The van der Waals surface area contributed by atoms with Crippen molar-refractivity contribution in [2.24, 2.45) is 0 Å². The van der Waals surface area contributed by atoms with Gasteiger partial charge in [-0.15, -0.1) is 0 Å². The molecule has 0 bridgehead atoms. The van der Waals surface area contributed by atoms with Crippen LogP contribution in [0.1, 0.15) is 16.7 Å². The Morgan fingerprint density at radius 2 is 1.22 bits per heavy atom. The van der Waals surface area contributed by atoms with E-state index in [0.717, 1.165) is 11.1 Å². The normalized spacial score (nSPS) is 11.8. The van der Waals surface area contributed by atoms with E-state index in [1.165, 1.54) is 0 Å². The lowest BCUT2D eigenvalue weighted by Gasteiger charge is -2.22. The standard InChI is InChI=1S/C28H26N4O5/c29-30-18-25(33)26(34)23(16-20-10-4-1-5-11-20)31-27(35)24(17-21-12-6-2-7-13-21)32-28(36)37-19-22-14-8-3-9-15-22/h1-15,18,23-24H,16-17,19H2,(H,31,35)(H,32,36). The number of hydrogen-bond donors (Lipinski definition) is 2. The predicted molar refractivity (Wildman–Crippen MR) is 135 cm³/mol. The quantitative estimate of drug-likeness (QED) is 0.171. The number of nitrogens with zero attached hydrogens (tertiary/aromatic N) is 2. The number of carbonyl (C=O) groups is 4. The zero-order valence-corrected chi connectivity index (χ0v) is 19.9. The average Bonchev–Trinajstić information content (AvgIpc) is 2.92. The van der Waals surface area contributed by atoms with E-state index in [4.69, 9.17) is 10.3 Å². The number of carbonyl (C=O) groups excluding carboxylic acids is 4. The molecule has 0 heterocycles. The van der Waals surface area contributed by atoms with Gasteiger partial charge < -0.3 is 20.9 Å². The Labute approximate surface area is 214 Å². The fourth-order valence-corrected chi connectivity index (χ4v) is 3.59. The number of hydrogen-bond acceptors (Lipinski definition) is 5. The largest absolute Gasteiger partial charge is 0.445 e. The molecule has 2 N–H and O–H groups in total. The fourth-order valence-electron chi connectivity index (χ4n) is 3.59. The topological polar surface area (TPSA) is 138 Å². The van der Waals surface area contributed by atoms with E-state index < -0.39 is 35.7 Å². The third-order valence-electron chi connectivity index (χ3n) is 5.44. The van der Waals surface area contributed by atoms with E-state index >= 15 is 0 Å². The van der Waals surface area contributed by atoms with Crippen molar-refractivity contribution < 1.29 is 28.7 Å². The molecule has 0 saturated heterocycles. The van der Waals surface area contributed by atoms with E-state index in [1.807, 2.05) is 24.3 Å². The summed E-state index contributed by atoms with van der Waals surface area (Å²) in [7, 11) is 0. The summed E-state index contributed by atoms with van der Waals surface area (Å²) < 4.78 is 5.27. The molecule has 0 spiro atoms. The smallest absolute Gasteiger partial charge is 0.408 e. The number of rotatable bonds is 12. The number of amides is 2. The maximum absolute atomic E-state index is 13.3. The molecule has 2 atom stereocenters. The van der Waals surface area contributed by atoms with Gasteiger partial charge in [0.1, 0.15) is 18.7 Å². The average molecular weight is 499 g/mol. The van der Waals surface area contributed by atoms with Crippen LogP contribution in [0.2, 0.25) is 0 Å². The monoisotopic (exact) mass is 498 g/mol. The maximum Gasteiger partial charge on any atom is 0.408 e. The Hall–Kier alpha value is -4.88. The molecular formula is C28H26N4O5. The lowest BCUT2D eigenvalue weighted by Crippen LogP contribution is -2.54. The highest BCUT2D eigenvalue weighted by Crippen LogP contribution is 2.08. The van der Waals surface area contributed by atoms with E-state index in [-0.39, 0.29) is 19.4 Å². The van der Waals surface area contributed by atoms with Crippen LogP contribution < -0.4 is 10.6 Å². The van der Waals surface area contributed by atoms with Crippen molar-refractivity contribution in [3.8, 4) is 0 Å². The molecule has 9 heteroatoms. The van der Waals surface area contributed by atoms with Gasteiger partial charge in [-0.2, -0.15) is 4.79 Å². The minimum absolute atomic E-state index is 0.0104. The highest BCUT2D eigenvalue weighted by molar-refractivity contribution is 6.59. The van der Waals surface area contributed by atoms with Gasteiger partial charge in [-0.25, -0.2) is 4.79 Å². The van der Waals surface area contributed by atoms with E-state index in [2.05, 4.69) is 15.4 Å². The molecule has 3 aromatic rings. The fraction of sp³-hybridized carbons (Fsp3) is 0.179. The Balaban J connectivity index is 1.77.